The van der Waals surface area contributed by atoms with E-state index >= 15 is 0 Å². The van der Waals surface area contributed by atoms with Crippen LogP contribution in [0, 0.1) is 19.7 Å². The van der Waals surface area contributed by atoms with Gasteiger partial charge in [0.15, 0.2) is 0 Å². The summed E-state index contributed by atoms with van der Waals surface area (Å²) in [5, 5.41) is 6.37. The summed E-state index contributed by atoms with van der Waals surface area (Å²) in [7, 11) is -3.91. The SMILES string of the molecule is Cc1noc(NS(=O)(=O)c2ccc(NC(=O)CN3CCN(c4ccc(F)cc4)C3=O)cc2)c1C. The number of rotatable bonds is 7. The highest BCUT2D eigenvalue weighted by Gasteiger charge is 2.31. The molecule has 0 aliphatic carbocycles. The van der Waals surface area contributed by atoms with Crippen molar-refractivity contribution < 1.29 is 26.9 Å². The molecule has 0 saturated carbocycles. The van der Waals surface area contributed by atoms with Gasteiger partial charge in [-0.15, -0.1) is 0 Å². The molecule has 0 unspecified atom stereocenters. The molecule has 0 atom stereocenters. The maximum Gasteiger partial charge on any atom is 0.325 e. The van der Waals surface area contributed by atoms with Gasteiger partial charge in [-0.05, 0) is 62.4 Å². The average Bonchev–Trinajstić information content (AvgIpc) is 3.31. The third kappa shape index (κ3) is 4.86. The first-order chi connectivity index (χ1) is 16.1. The van der Waals surface area contributed by atoms with Crippen LogP contribution in [0.15, 0.2) is 57.9 Å². The van der Waals surface area contributed by atoms with Crippen molar-refractivity contribution in [1.29, 1.82) is 0 Å². The number of benzene rings is 2. The first-order valence-corrected chi connectivity index (χ1v) is 11.8. The molecule has 1 aromatic heterocycles. The zero-order valence-electron chi connectivity index (χ0n) is 18.4. The lowest BCUT2D eigenvalue weighted by Crippen LogP contribution is -2.37. The van der Waals surface area contributed by atoms with E-state index in [9.17, 15) is 22.4 Å². The Kier molecular flexibility index (Phi) is 6.24. The van der Waals surface area contributed by atoms with Gasteiger partial charge in [-0.1, -0.05) is 5.16 Å². The first-order valence-electron chi connectivity index (χ1n) is 10.3. The molecule has 1 saturated heterocycles. The highest BCUT2D eigenvalue weighted by Crippen LogP contribution is 2.23. The summed E-state index contributed by atoms with van der Waals surface area (Å²) >= 11 is 0. The number of hydrogen-bond acceptors (Lipinski definition) is 6. The van der Waals surface area contributed by atoms with E-state index in [-0.39, 0.29) is 23.4 Å². The molecule has 10 nitrogen and oxygen atoms in total. The van der Waals surface area contributed by atoms with Crippen LogP contribution >= 0.6 is 0 Å². The number of anilines is 3. The van der Waals surface area contributed by atoms with Crippen molar-refractivity contribution in [3.05, 3.63) is 65.6 Å². The van der Waals surface area contributed by atoms with Gasteiger partial charge in [0.2, 0.25) is 11.8 Å². The predicted octanol–water partition coefficient (Wildman–Crippen LogP) is 3.11. The van der Waals surface area contributed by atoms with Crippen LogP contribution in [0.4, 0.5) is 26.4 Å². The van der Waals surface area contributed by atoms with E-state index in [4.69, 9.17) is 4.52 Å². The summed E-state index contributed by atoms with van der Waals surface area (Å²) in [6.07, 6.45) is 0. The van der Waals surface area contributed by atoms with E-state index < -0.39 is 21.7 Å². The van der Waals surface area contributed by atoms with Gasteiger partial charge >= 0.3 is 6.03 Å². The molecule has 34 heavy (non-hydrogen) atoms. The van der Waals surface area contributed by atoms with Crippen molar-refractivity contribution in [3.8, 4) is 0 Å². The van der Waals surface area contributed by atoms with Crippen LogP contribution in [-0.4, -0.2) is 50.0 Å². The number of nitrogens with one attached hydrogen (secondary N) is 2. The van der Waals surface area contributed by atoms with Crippen LogP contribution in [0.1, 0.15) is 11.3 Å². The van der Waals surface area contributed by atoms with Gasteiger partial charge in [0, 0.05) is 30.0 Å². The third-order valence-electron chi connectivity index (χ3n) is 5.40. The van der Waals surface area contributed by atoms with Crippen molar-refractivity contribution in [2.75, 3.05) is 34.6 Å². The van der Waals surface area contributed by atoms with Crippen LogP contribution in [0.5, 0.6) is 0 Å². The summed E-state index contributed by atoms with van der Waals surface area (Å²) in [6.45, 7) is 3.92. The average molecular weight is 488 g/mol. The Hall–Kier alpha value is -3.93. The molecule has 1 aliphatic heterocycles. The molecular formula is C22H22FN5O5S. The van der Waals surface area contributed by atoms with Crippen LogP contribution < -0.4 is 14.9 Å². The zero-order valence-corrected chi connectivity index (χ0v) is 19.2. The first kappa shape index (κ1) is 23.2. The molecule has 2 N–H and O–H groups in total. The molecule has 12 heteroatoms. The highest BCUT2D eigenvalue weighted by atomic mass is 32.2. The lowest BCUT2D eigenvalue weighted by Gasteiger charge is -2.18. The number of aromatic nitrogens is 1. The minimum Gasteiger partial charge on any atom is -0.337 e. The number of carbonyl (C=O) groups excluding carboxylic acids is 2. The fourth-order valence-electron chi connectivity index (χ4n) is 3.37. The number of hydrogen-bond donors (Lipinski definition) is 2. The Balaban J connectivity index is 1.35. The second-order valence-electron chi connectivity index (χ2n) is 7.73. The van der Waals surface area contributed by atoms with Crippen LogP contribution in [-0.2, 0) is 14.8 Å². The van der Waals surface area contributed by atoms with E-state index in [1.165, 1.54) is 58.3 Å². The molecule has 4 rings (SSSR count). The van der Waals surface area contributed by atoms with Crippen molar-refractivity contribution in [2.45, 2.75) is 18.7 Å². The summed E-state index contributed by atoms with van der Waals surface area (Å²) < 4.78 is 45.6. The van der Waals surface area contributed by atoms with E-state index in [1.807, 2.05) is 0 Å². The fraction of sp³-hybridized carbons (Fsp3) is 0.227. The lowest BCUT2D eigenvalue weighted by molar-refractivity contribution is -0.116. The van der Waals surface area contributed by atoms with Gasteiger partial charge in [-0.25, -0.2) is 22.3 Å². The number of carbonyl (C=O) groups is 2. The van der Waals surface area contributed by atoms with Gasteiger partial charge in [0.1, 0.15) is 12.4 Å². The largest absolute Gasteiger partial charge is 0.337 e. The predicted molar refractivity (Wildman–Crippen MR) is 123 cm³/mol. The van der Waals surface area contributed by atoms with E-state index in [2.05, 4.69) is 15.2 Å². The molecule has 2 aromatic carbocycles. The molecular weight excluding hydrogens is 465 g/mol. The maximum absolute atomic E-state index is 13.1. The molecule has 0 spiro atoms. The number of aryl methyl sites for hydroxylation is 1. The summed E-state index contributed by atoms with van der Waals surface area (Å²) in [5.74, 6) is -0.792. The fourth-order valence-corrected chi connectivity index (χ4v) is 4.42. The lowest BCUT2D eigenvalue weighted by atomic mass is 10.3. The number of urea groups is 1. The molecule has 178 valence electrons. The molecule has 3 aromatic rings. The van der Waals surface area contributed by atoms with E-state index in [0.29, 0.717) is 35.7 Å². The Morgan fingerprint density at radius 2 is 1.76 bits per heavy atom. The molecule has 0 bridgehead atoms. The van der Waals surface area contributed by atoms with Gasteiger partial charge in [-0.2, -0.15) is 0 Å². The number of amides is 3. The molecule has 0 radical (unpaired) electrons. The maximum atomic E-state index is 13.1. The second-order valence-corrected chi connectivity index (χ2v) is 9.41. The van der Waals surface area contributed by atoms with Gasteiger partial charge in [-0.3, -0.25) is 9.69 Å². The molecule has 3 amide bonds. The Morgan fingerprint density at radius 1 is 1.09 bits per heavy atom. The van der Waals surface area contributed by atoms with Crippen molar-refractivity contribution in [1.82, 2.24) is 10.1 Å². The van der Waals surface area contributed by atoms with Crippen molar-refractivity contribution >= 4 is 39.2 Å². The minimum absolute atomic E-state index is 0.0244. The van der Waals surface area contributed by atoms with Gasteiger partial charge in [0.05, 0.1) is 10.6 Å². The standard InChI is InChI=1S/C22H22FN5O5S/c1-14-15(2)25-33-21(14)26-34(31,32)19-9-5-17(6-10-19)24-20(29)13-27-11-12-28(22(27)30)18-7-3-16(23)4-8-18/h3-10,26H,11-13H2,1-2H3,(H,24,29). The summed E-state index contributed by atoms with van der Waals surface area (Å²) in [6, 6.07) is 10.8. The molecule has 1 fully saturated rings. The number of halogens is 1. The molecule has 1 aliphatic rings. The number of sulfonamides is 1. The van der Waals surface area contributed by atoms with Gasteiger partial charge in [0.25, 0.3) is 10.0 Å². The zero-order chi connectivity index (χ0) is 24.5. The van der Waals surface area contributed by atoms with E-state index in [0.717, 1.165) is 0 Å². The van der Waals surface area contributed by atoms with Crippen LogP contribution in [0.2, 0.25) is 0 Å². The van der Waals surface area contributed by atoms with Gasteiger partial charge < -0.3 is 14.7 Å². The van der Waals surface area contributed by atoms with Crippen LogP contribution in [0.3, 0.4) is 0 Å². The van der Waals surface area contributed by atoms with Crippen LogP contribution in [0.25, 0.3) is 0 Å². The Bertz CT molecular complexity index is 1320. The smallest absolute Gasteiger partial charge is 0.325 e. The number of nitrogens with zero attached hydrogens (tertiary/aromatic N) is 3. The second kappa shape index (κ2) is 9.14. The topological polar surface area (TPSA) is 125 Å². The Labute approximate surface area is 195 Å². The third-order valence-corrected chi connectivity index (χ3v) is 6.75. The molecule has 2 heterocycles. The normalized spacial score (nSPS) is 13.9. The monoisotopic (exact) mass is 487 g/mol. The minimum atomic E-state index is -3.91. The Morgan fingerprint density at radius 3 is 2.38 bits per heavy atom. The summed E-state index contributed by atoms with van der Waals surface area (Å²) in [4.78, 5) is 27.9. The summed E-state index contributed by atoms with van der Waals surface area (Å²) in [5.41, 5.74) is 2.09. The van der Waals surface area contributed by atoms with Crippen molar-refractivity contribution in [3.63, 3.8) is 0 Å². The van der Waals surface area contributed by atoms with Crippen molar-refractivity contribution in [2.24, 2.45) is 0 Å². The highest BCUT2D eigenvalue weighted by molar-refractivity contribution is 7.92. The quantitative estimate of drug-likeness (QED) is 0.528. The van der Waals surface area contributed by atoms with E-state index in [1.54, 1.807) is 13.8 Å².